The van der Waals surface area contributed by atoms with Crippen LogP contribution in [0, 0.1) is 0 Å². The topological polar surface area (TPSA) is 16.3 Å². The standard InChI is InChI=1S/C72H48N4S2/c1-4-18-49(19-5-1)73(55-36-39-59-62-40-41-63-60-26-11-15-30-69(60)78-72(63)71(62)76(67(59)46-55)51-22-8-3-9-23-51)52-33-31-47(32-34-52)48-17-16-24-53(43-48)74(54-37-42-70-64(44-54)61-27-12-14-29-68(61)77-70)56-35-38-58-57-25-10-13-28-65(57)75(66(58)45-56)50-20-6-2-7-21-50/h1-9,11-24,26-46H,10,25H2. The van der Waals surface area contributed by atoms with Crippen molar-refractivity contribution in [2.75, 3.05) is 9.80 Å². The molecule has 0 saturated carbocycles. The molecule has 0 aliphatic heterocycles. The zero-order valence-electron chi connectivity index (χ0n) is 42.4. The third-order valence-corrected chi connectivity index (χ3v) is 18.3. The normalized spacial score (nSPS) is 12.5. The zero-order chi connectivity index (χ0) is 51.3. The Labute approximate surface area is 459 Å². The average Bonchev–Trinajstić information content (AvgIpc) is 4.43. The van der Waals surface area contributed by atoms with Crippen molar-refractivity contribution < 1.29 is 0 Å². The molecule has 0 atom stereocenters. The molecular weight excluding hydrogens is 985 g/mol. The lowest BCUT2D eigenvalue weighted by molar-refractivity contribution is 0.967. The first-order valence-corrected chi connectivity index (χ1v) is 28.4. The summed E-state index contributed by atoms with van der Waals surface area (Å²) in [4.78, 5) is 4.84. The number of hydrogen-bond donors (Lipinski definition) is 0. The van der Waals surface area contributed by atoms with E-state index in [0.29, 0.717) is 0 Å². The van der Waals surface area contributed by atoms with E-state index in [9.17, 15) is 0 Å². The maximum absolute atomic E-state index is 2.48. The van der Waals surface area contributed by atoms with E-state index in [1.807, 2.05) is 22.7 Å². The molecule has 0 amide bonds. The van der Waals surface area contributed by atoms with E-state index in [1.54, 1.807) is 0 Å². The highest BCUT2D eigenvalue weighted by Crippen LogP contribution is 2.47. The molecule has 0 radical (unpaired) electrons. The van der Waals surface area contributed by atoms with Gasteiger partial charge in [-0.3, -0.25) is 0 Å². The smallest absolute Gasteiger partial charge is 0.0719 e. The number of aryl methyl sites for hydroxylation is 1. The van der Waals surface area contributed by atoms with Crippen molar-refractivity contribution in [3.63, 3.8) is 0 Å². The van der Waals surface area contributed by atoms with Crippen molar-refractivity contribution in [3.05, 3.63) is 272 Å². The Hall–Kier alpha value is -9.46. The minimum absolute atomic E-state index is 1.03. The molecule has 0 fully saturated rings. The molecule has 15 aromatic rings. The molecule has 1 aliphatic carbocycles. The van der Waals surface area contributed by atoms with E-state index in [4.69, 9.17) is 0 Å². The number of benzene rings is 11. The Morgan fingerprint density at radius 1 is 0.333 bits per heavy atom. The molecule has 0 saturated heterocycles. The van der Waals surface area contributed by atoms with E-state index < -0.39 is 0 Å². The fourth-order valence-electron chi connectivity index (χ4n) is 12.4. The second-order valence-electron chi connectivity index (χ2n) is 20.4. The van der Waals surface area contributed by atoms with Gasteiger partial charge in [0, 0.05) is 103 Å². The molecule has 4 nitrogen and oxygen atoms in total. The second kappa shape index (κ2) is 18.1. The van der Waals surface area contributed by atoms with E-state index in [0.717, 1.165) is 63.8 Å². The van der Waals surface area contributed by atoms with Gasteiger partial charge >= 0.3 is 0 Å². The van der Waals surface area contributed by atoms with E-state index in [1.165, 1.54) is 90.0 Å². The Morgan fingerprint density at radius 2 is 0.859 bits per heavy atom. The number of anilines is 6. The summed E-state index contributed by atoms with van der Waals surface area (Å²) in [7, 11) is 0. The van der Waals surface area contributed by atoms with Gasteiger partial charge in [0.2, 0.25) is 0 Å². The summed E-state index contributed by atoms with van der Waals surface area (Å²) in [5.41, 5.74) is 17.5. The van der Waals surface area contributed by atoms with Gasteiger partial charge in [-0.05, 0) is 151 Å². The maximum Gasteiger partial charge on any atom is 0.0719 e. The van der Waals surface area contributed by atoms with Crippen LogP contribution in [0.15, 0.2) is 261 Å². The van der Waals surface area contributed by atoms with Crippen molar-refractivity contribution in [3.8, 4) is 22.5 Å². The lowest BCUT2D eigenvalue weighted by atomic mass is 10.0. The molecule has 1 aliphatic rings. The quantitative estimate of drug-likeness (QED) is 0.143. The molecular formula is C72H48N4S2. The van der Waals surface area contributed by atoms with E-state index in [2.05, 4.69) is 286 Å². The molecule has 0 unspecified atom stereocenters. The van der Waals surface area contributed by atoms with Gasteiger partial charge < -0.3 is 18.9 Å². The Morgan fingerprint density at radius 3 is 1.62 bits per heavy atom. The third-order valence-electron chi connectivity index (χ3n) is 15.9. The molecule has 6 heteroatoms. The number of aromatic nitrogens is 2. The molecule has 11 aromatic carbocycles. The summed E-state index contributed by atoms with van der Waals surface area (Å²) < 4.78 is 10.2. The molecule has 0 N–H and O–H groups in total. The molecule has 16 rings (SSSR count). The van der Waals surface area contributed by atoms with Crippen molar-refractivity contribution in [1.29, 1.82) is 0 Å². The largest absolute Gasteiger partial charge is 0.310 e. The fourth-order valence-corrected chi connectivity index (χ4v) is 14.7. The molecule has 0 spiro atoms. The van der Waals surface area contributed by atoms with Crippen LogP contribution < -0.4 is 9.80 Å². The first-order valence-electron chi connectivity index (χ1n) is 26.8. The number of rotatable bonds is 9. The first-order chi connectivity index (χ1) is 38.7. The summed E-state index contributed by atoms with van der Waals surface area (Å²) >= 11 is 3.75. The van der Waals surface area contributed by atoms with Crippen molar-refractivity contribution in [2.24, 2.45) is 0 Å². The summed E-state index contributed by atoms with van der Waals surface area (Å²) in [5, 5.41) is 8.98. The summed E-state index contributed by atoms with van der Waals surface area (Å²) in [5.74, 6) is 0. The van der Waals surface area contributed by atoms with Gasteiger partial charge in [-0.15, -0.1) is 22.7 Å². The number of fused-ring (bicyclic) bond motifs is 13. The van der Waals surface area contributed by atoms with Gasteiger partial charge in [0.25, 0.3) is 0 Å². The number of allylic oxidation sites excluding steroid dienone is 1. The van der Waals surface area contributed by atoms with Crippen LogP contribution in [0.5, 0.6) is 0 Å². The van der Waals surface area contributed by atoms with Crippen LogP contribution in [0.1, 0.15) is 17.7 Å². The highest BCUT2D eigenvalue weighted by Gasteiger charge is 2.24. The van der Waals surface area contributed by atoms with Gasteiger partial charge in [-0.2, -0.15) is 0 Å². The van der Waals surface area contributed by atoms with Gasteiger partial charge in [0.05, 0.1) is 21.3 Å². The highest BCUT2D eigenvalue weighted by molar-refractivity contribution is 7.26. The summed E-state index contributed by atoms with van der Waals surface area (Å²) in [6, 6.07) is 94.0. The number of thiophene rings is 2. The van der Waals surface area contributed by atoms with Gasteiger partial charge in [-0.1, -0.05) is 146 Å². The number of nitrogens with zero attached hydrogens (tertiary/aromatic N) is 4. The monoisotopic (exact) mass is 1030 g/mol. The number of hydrogen-bond acceptors (Lipinski definition) is 4. The van der Waals surface area contributed by atoms with Crippen molar-refractivity contribution >= 4 is 136 Å². The van der Waals surface area contributed by atoms with Crippen molar-refractivity contribution in [1.82, 2.24) is 9.13 Å². The maximum atomic E-state index is 2.48. The Bertz CT molecular complexity index is 4850. The van der Waals surface area contributed by atoms with Gasteiger partial charge in [0.15, 0.2) is 0 Å². The third kappa shape index (κ3) is 7.18. The predicted molar refractivity (Wildman–Crippen MR) is 336 cm³/mol. The highest BCUT2D eigenvalue weighted by atomic mass is 32.1. The van der Waals surface area contributed by atoms with Crippen LogP contribution in [0.3, 0.4) is 0 Å². The fraction of sp³-hybridized carbons (Fsp3) is 0.0278. The minimum atomic E-state index is 1.03. The minimum Gasteiger partial charge on any atom is -0.310 e. The van der Waals surface area contributed by atoms with Gasteiger partial charge in [-0.25, -0.2) is 0 Å². The zero-order valence-corrected chi connectivity index (χ0v) is 44.1. The Balaban J connectivity index is 0.827. The second-order valence-corrected chi connectivity index (χ2v) is 22.5. The molecule has 78 heavy (non-hydrogen) atoms. The van der Waals surface area contributed by atoms with Crippen LogP contribution in [0.25, 0.3) is 102 Å². The van der Waals surface area contributed by atoms with E-state index >= 15 is 0 Å². The van der Waals surface area contributed by atoms with Crippen LogP contribution in [-0.4, -0.2) is 9.13 Å². The predicted octanol–water partition coefficient (Wildman–Crippen LogP) is 21.0. The van der Waals surface area contributed by atoms with Gasteiger partial charge in [0.1, 0.15) is 0 Å². The van der Waals surface area contributed by atoms with Crippen molar-refractivity contribution in [2.45, 2.75) is 12.8 Å². The SMILES string of the molecule is C1=Cc2c(c3ccc(N(c4cccc(-c5ccc(N(c6ccccc6)c6ccc7c8ccc9c%10ccccc%10sc9c8n(-c8ccccc8)c7c6)cc5)c4)c4ccc5sc6ccccc6c5c4)cc3n2-c2ccccc2)CC1. The Kier molecular flexibility index (Phi) is 10.4. The van der Waals surface area contributed by atoms with Crippen LogP contribution in [0.2, 0.25) is 0 Å². The summed E-state index contributed by atoms with van der Waals surface area (Å²) in [6.07, 6.45) is 6.72. The molecule has 368 valence electrons. The molecule has 0 bridgehead atoms. The van der Waals surface area contributed by atoms with E-state index in [-0.39, 0.29) is 0 Å². The van der Waals surface area contributed by atoms with Crippen LogP contribution in [0.4, 0.5) is 34.1 Å². The lowest BCUT2D eigenvalue weighted by Crippen LogP contribution is -2.10. The average molecular weight is 1030 g/mol. The van der Waals surface area contributed by atoms with Crippen LogP contribution >= 0.6 is 22.7 Å². The van der Waals surface area contributed by atoms with Crippen LogP contribution in [-0.2, 0) is 6.42 Å². The number of para-hydroxylation sites is 3. The molecule has 4 heterocycles. The lowest BCUT2D eigenvalue weighted by Gasteiger charge is -2.27. The summed E-state index contributed by atoms with van der Waals surface area (Å²) in [6.45, 7) is 0. The first kappa shape index (κ1) is 44.8. The molecule has 4 aromatic heterocycles.